The number of rotatable bonds is 2. The van der Waals surface area contributed by atoms with Crippen molar-refractivity contribution in [2.24, 2.45) is 5.92 Å². The van der Waals surface area contributed by atoms with Gasteiger partial charge in [0.2, 0.25) is 0 Å². The molecule has 1 fully saturated rings. The first-order chi connectivity index (χ1) is 10.4. The lowest BCUT2D eigenvalue weighted by molar-refractivity contribution is -0.00113. The largest absolute Gasteiger partial charge is 0.444 e. The van der Waals surface area contributed by atoms with Crippen molar-refractivity contribution >= 4 is 17.0 Å². The fourth-order valence-corrected chi connectivity index (χ4v) is 2.54. The molecule has 0 bridgehead atoms. The van der Waals surface area contributed by atoms with Crippen LogP contribution in [0.25, 0.3) is 10.9 Å². The van der Waals surface area contributed by atoms with Gasteiger partial charge in [0.25, 0.3) is 0 Å². The molecule has 0 N–H and O–H groups in total. The van der Waals surface area contributed by atoms with E-state index in [1.54, 1.807) is 4.90 Å². The first-order valence-electron chi connectivity index (χ1n) is 7.59. The summed E-state index contributed by atoms with van der Waals surface area (Å²) >= 11 is 0. The molecule has 1 aliphatic rings. The number of carbonyl (C=O) groups excluding carboxylic acids is 1. The molecule has 0 radical (unpaired) electrons. The van der Waals surface area contributed by atoms with Crippen LogP contribution in [0.4, 0.5) is 4.79 Å². The number of ether oxygens (including phenoxy) is 1. The molecule has 1 saturated heterocycles. The van der Waals surface area contributed by atoms with Gasteiger partial charge < -0.3 is 9.64 Å². The summed E-state index contributed by atoms with van der Waals surface area (Å²) in [7, 11) is 0. The average Bonchev–Trinajstić information content (AvgIpc) is 2.40. The van der Waals surface area contributed by atoms with E-state index in [1.807, 2.05) is 51.2 Å². The summed E-state index contributed by atoms with van der Waals surface area (Å²) in [5.41, 5.74) is 0.528. The second-order valence-corrected chi connectivity index (χ2v) is 6.80. The number of nitrogens with zero attached hydrogens (tertiary/aromatic N) is 3. The minimum absolute atomic E-state index is 0.233. The maximum absolute atomic E-state index is 11.9. The van der Waals surface area contributed by atoms with Crippen molar-refractivity contribution in [3.63, 3.8) is 0 Å². The second kappa shape index (κ2) is 5.55. The van der Waals surface area contributed by atoms with E-state index < -0.39 is 5.60 Å². The smallest absolute Gasteiger partial charge is 0.410 e. The highest BCUT2D eigenvalue weighted by molar-refractivity contribution is 5.77. The van der Waals surface area contributed by atoms with Crippen LogP contribution in [0.3, 0.4) is 0 Å². The Bertz CT molecular complexity index is 688. The quantitative estimate of drug-likeness (QED) is 0.855. The van der Waals surface area contributed by atoms with Gasteiger partial charge in [-0.15, -0.1) is 0 Å². The molecular weight excluding hydrogens is 278 g/mol. The third-order valence-corrected chi connectivity index (χ3v) is 3.62. The zero-order valence-corrected chi connectivity index (χ0v) is 13.2. The minimum atomic E-state index is -0.441. The number of aromatic nitrogens is 2. The zero-order chi connectivity index (χ0) is 15.7. The Labute approximate surface area is 130 Å². The van der Waals surface area contributed by atoms with Gasteiger partial charge in [-0.1, -0.05) is 18.2 Å². The standard InChI is InChI=1S/C17H21N3O2/c1-17(2,3)22-16(21)20-10-12(11-20)8-15-18-9-13-6-4-5-7-14(13)19-15/h4-7,9,12H,8,10-11H2,1-3H3. The molecule has 1 amide bonds. The third-order valence-electron chi connectivity index (χ3n) is 3.62. The fourth-order valence-electron chi connectivity index (χ4n) is 2.54. The zero-order valence-electron chi connectivity index (χ0n) is 13.2. The Kier molecular flexibility index (Phi) is 3.72. The molecule has 1 aromatic carbocycles. The van der Waals surface area contributed by atoms with Gasteiger partial charge in [0.1, 0.15) is 11.4 Å². The molecule has 116 valence electrons. The van der Waals surface area contributed by atoms with Crippen molar-refractivity contribution in [1.29, 1.82) is 0 Å². The van der Waals surface area contributed by atoms with Crippen LogP contribution < -0.4 is 0 Å². The van der Waals surface area contributed by atoms with E-state index in [-0.39, 0.29) is 6.09 Å². The Morgan fingerprint density at radius 1 is 1.32 bits per heavy atom. The van der Waals surface area contributed by atoms with Gasteiger partial charge in [0.15, 0.2) is 0 Å². The molecule has 3 rings (SSSR count). The predicted molar refractivity (Wildman–Crippen MR) is 84.5 cm³/mol. The molecule has 0 saturated carbocycles. The summed E-state index contributed by atoms with van der Waals surface area (Å²) in [4.78, 5) is 22.6. The van der Waals surface area contributed by atoms with Gasteiger partial charge in [0, 0.05) is 37.0 Å². The molecule has 1 aliphatic heterocycles. The SMILES string of the molecule is CC(C)(C)OC(=O)N1CC(Cc2ncc3ccccc3n2)C1. The van der Waals surface area contributed by atoms with Gasteiger partial charge in [-0.05, 0) is 26.8 Å². The number of para-hydroxylation sites is 1. The van der Waals surface area contributed by atoms with Gasteiger partial charge in [-0.25, -0.2) is 14.8 Å². The van der Waals surface area contributed by atoms with E-state index in [1.165, 1.54) is 0 Å². The molecule has 5 heteroatoms. The normalized spacial score (nSPS) is 15.7. The summed E-state index contributed by atoms with van der Waals surface area (Å²) in [5.74, 6) is 1.25. The lowest BCUT2D eigenvalue weighted by atomic mass is 9.96. The maximum Gasteiger partial charge on any atom is 0.410 e. The molecule has 0 atom stereocenters. The molecule has 2 heterocycles. The molecule has 0 spiro atoms. The Morgan fingerprint density at radius 3 is 2.77 bits per heavy atom. The van der Waals surface area contributed by atoms with Gasteiger partial charge >= 0.3 is 6.09 Å². The van der Waals surface area contributed by atoms with E-state index in [4.69, 9.17) is 4.74 Å². The van der Waals surface area contributed by atoms with E-state index in [0.29, 0.717) is 19.0 Å². The van der Waals surface area contributed by atoms with Crippen LogP contribution in [0.5, 0.6) is 0 Å². The number of benzene rings is 1. The number of hydrogen-bond acceptors (Lipinski definition) is 4. The first-order valence-corrected chi connectivity index (χ1v) is 7.59. The van der Waals surface area contributed by atoms with Gasteiger partial charge in [0.05, 0.1) is 5.52 Å². The number of carbonyl (C=O) groups is 1. The Balaban J connectivity index is 1.56. The highest BCUT2D eigenvalue weighted by Crippen LogP contribution is 2.22. The molecule has 0 unspecified atom stereocenters. The number of likely N-dealkylation sites (tertiary alicyclic amines) is 1. The molecule has 2 aromatic rings. The first kappa shape index (κ1) is 14.8. The summed E-state index contributed by atoms with van der Waals surface area (Å²) in [6.07, 6.45) is 2.43. The van der Waals surface area contributed by atoms with Gasteiger partial charge in [-0.3, -0.25) is 0 Å². The maximum atomic E-state index is 11.9. The van der Waals surface area contributed by atoms with Crippen LogP contribution in [0, 0.1) is 5.92 Å². The van der Waals surface area contributed by atoms with Crippen LogP contribution in [0.1, 0.15) is 26.6 Å². The lowest BCUT2D eigenvalue weighted by Crippen LogP contribution is -2.52. The summed E-state index contributed by atoms with van der Waals surface area (Å²) in [6.45, 7) is 7.07. The summed E-state index contributed by atoms with van der Waals surface area (Å²) in [5, 5.41) is 1.05. The summed E-state index contributed by atoms with van der Waals surface area (Å²) < 4.78 is 5.35. The van der Waals surface area contributed by atoms with Crippen molar-refractivity contribution in [1.82, 2.24) is 14.9 Å². The third kappa shape index (κ3) is 3.35. The highest BCUT2D eigenvalue weighted by atomic mass is 16.6. The molecule has 1 aromatic heterocycles. The van der Waals surface area contributed by atoms with Crippen LogP contribution >= 0.6 is 0 Å². The number of fused-ring (bicyclic) bond motifs is 1. The Hall–Kier alpha value is -2.17. The summed E-state index contributed by atoms with van der Waals surface area (Å²) in [6, 6.07) is 7.96. The lowest BCUT2D eigenvalue weighted by Gasteiger charge is -2.39. The minimum Gasteiger partial charge on any atom is -0.444 e. The topological polar surface area (TPSA) is 55.3 Å². The van der Waals surface area contributed by atoms with Gasteiger partial charge in [-0.2, -0.15) is 0 Å². The van der Waals surface area contributed by atoms with Crippen molar-refractivity contribution in [3.05, 3.63) is 36.3 Å². The van der Waals surface area contributed by atoms with Crippen LogP contribution in [-0.4, -0.2) is 39.7 Å². The van der Waals surface area contributed by atoms with E-state index in [2.05, 4.69) is 9.97 Å². The van der Waals surface area contributed by atoms with Crippen LogP contribution in [0.15, 0.2) is 30.5 Å². The molecule has 5 nitrogen and oxygen atoms in total. The van der Waals surface area contributed by atoms with Crippen molar-refractivity contribution < 1.29 is 9.53 Å². The average molecular weight is 299 g/mol. The van der Waals surface area contributed by atoms with Crippen LogP contribution in [0.2, 0.25) is 0 Å². The predicted octanol–water partition coefficient (Wildman–Crippen LogP) is 3.04. The van der Waals surface area contributed by atoms with E-state index in [9.17, 15) is 4.79 Å². The molecule has 22 heavy (non-hydrogen) atoms. The van der Waals surface area contributed by atoms with Crippen molar-refractivity contribution in [2.45, 2.75) is 32.8 Å². The van der Waals surface area contributed by atoms with E-state index >= 15 is 0 Å². The van der Waals surface area contributed by atoms with Crippen molar-refractivity contribution in [2.75, 3.05) is 13.1 Å². The fraction of sp³-hybridized carbons (Fsp3) is 0.471. The number of amides is 1. The van der Waals surface area contributed by atoms with Crippen LogP contribution in [-0.2, 0) is 11.2 Å². The monoisotopic (exact) mass is 299 g/mol. The van der Waals surface area contributed by atoms with Crippen molar-refractivity contribution in [3.8, 4) is 0 Å². The number of hydrogen-bond donors (Lipinski definition) is 0. The Morgan fingerprint density at radius 2 is 2.05 bits per heavy atom. The van der Waals surface area contributed by atoms with E-state index in [0.717, 1.165) is 23.1 Å². The second-order valence-electron chi connectivity index (χ2n) is 6.80. The molecular formula is C17H21N3O2. The molecule has 0 aliphatic carbocycles. The highest BCUT2D eigenvalue weighted by Gasteiger charge is 2.34.